The van der Waals surface area contributed by atoms with Crippen molar-refractivity contribution in [3.8, 4) is 0 Å². The number of hydrogen-bond donors (Lipinski definition) is 1. The van der Waals surface area contributed by atoms with E-state index in [4.69, 9.17) is 11.6 Å². The summed E-state index contributed by atoms with van der Waals surface area (Å²) in [7, 11) is 0. The Morgan fingerprint density at radius 3 is 2.68 bits per heavy atom. The van der Waals surface area contributed by atoms with E-state index in [1.165, 1.54) is 6.08 Å². The summed E-state index contributed by atoms with van der Waals surface area (Å²) < 4.78 is 38.0. The molecule has 1 aliphatic carbocycles. The molecule has 1 amide bonds. The van der Waals surface area contributed by atoms with Gasteiger partial charge in [0.1, 0.15) is 5.15 Å². The fraction of sp³-hybridized carbons (Fsp3) is 0.357. The maximum absolute atomic E-state index is 12.7. The molecule has 1 aromatic rings. The van der Waals surface area contributed by atoms with Gasteiger partial charge in [-0.25, -0.2) is 4.98 Å². The zero-order valence-electron chi connectivity index (χ0n) is 11.5. The predicted molar refractivity (Wildman–Crippen MR) is 73.2 cm³/mol. The normalized spacial score (nSPS) is 18.9. The van der Waals surface area contributed by atoms with E-state index in [9.17, 15) is 22.8 Å². The molecule has 118 valence electrons. The maximum atomic E-state index is 12.7. The summed E-state index contributed by atoms with van der Waals surface area (Å²) in [5.74, 6) is -0.901. The number of carbonyl (C=O) groups is 2. The van der Waals surface area contributed by atoms with Gasteiger partial charge in [0, 0.05) is 24.4 Å². The molecule has 1 atom stereocenters. The van der Waals surface area contributed by atoms with Crippen LogP contribution in [0.1, 0.15) is 35.7 Å². The van der Waals surface area contributed by atoms with Crippen molar-refractivity contribution in [3.05, 3.63) is 40.3 Å². The topological polar surface area (TPSA) is 59.1 Å². The van der Waals surface area contributed by atoms with Crippen molar-refractivity contribution in [3.63, 3.8) is 0 Å². The van der Waals surface area contributed by atoms with Gasteiger partial charge >= 0.3 is 6.18 Å². The molecule has 0 radical (unpaired) electrons. The molecule has 0 saturated heterocycles. The van der Waals surface area contributed by atoms with Crippen LogP contribution in [0.3, 0.4) is 0 Å². The standard InChI is InChI=1S/C14H12ClF3N2O2/c1-7-2-9(5-10(21)3-7)20-13(22)11-4-8(14(16,17)18)6-19-12(11)15/h4-7H,2-3H2,1H3,(H,20,22). The van der Waals surface area contributed by atoms with E-state index in [-0.39, 0.29) is 22.4 Å². The minimum Gasteiger partial charge on any atom is -0.325 e. The molecular weight excluding hydrogens is 321 g/mol. The number of alkyl halides is 3. The third kappa shape index (κ3) is 3.85. The number of aromatic nitrogens is 1. The fourth-order valence-corrected chi connectivity index (χ4v) is 2.35. The summed E-state index contributed by atoms with van der Waals surface area (Å²) in [6, 6.07) is 0.638. The van der Waals surface area contributed by atoms with E-state index < -0.39 is 17.6 Å². The van der Waals surface area contributed by atoms with Crippen molar-refractivity contribution in [2.45, 2.75) is 25.9 Å². The number of pyridine rings is 1. The lowest BCUT2D eigenvalue weighted by Crippen LogP contribution is -2.28. The van der Waals surface area contributed by atoms with Gasteiger partial charge in [-0.1, -0.05) is 18.5 Å². The SMILES string of the molecule is CC1CC(=O)C=C(NC(=O)c2cc(C(F)(F)F)cnc2Cl)C1. The van der Waals surface area contributed by atoms with E-state index in [0.29, 0.717) is 30.8 Å². The summed E-state index contributed by atoms with van der Waals surface area (Å²) in [4.78, 5) is 26.9. The van der Waals surface area contributed by atoms with Gasteiger partial charge in [-0.15, -0.1) is 0 Å². The Kier molecular flexibility index (Phi) is 4.55. The number of ketones is 1. The first-order chi connectivity index (χ1) is 10.2. The summed E-state index contributed by atoms with van der Waals surface area (Å²) >= 11 is 5.69. The highest BCUT2D eigenvalue weighted by molar-refractivity contribution is 6.32. The van der Waals surface area contributed by atoms with Crippen molar-refractivity contribution >= 4 is 23.3 Å². The Bertz CT molecular complexity index is 656. The summed E-state index contributed by atoms with van der Waals surface area (Å²) in [6.07, 6.45) is -1.94. The van der Waals surface area contributed by atoms with Gasteiger partial charge in [0.25, 0.3) is 5.91 Å². The maximum Gasteiger partial charge on any atom is 0.417 e. The summed E-state index contributed by atoms with van der Waals surface area (Å²) in [5.41, 5.74) is -1.09. The molecule has 1 aromatic heterocycles. The first-order valence-electron chi connectivity index (χ1n) is 6.44. The molecule has 1 N–H and O–H groups in total. The van der Waals surface area contributed by atoms with Crippen LogP contribution in [0, 0.1) is 5.92 Å². The smallest absolute Gasteiger partial charge is 0.325 e. The third-order valence-corrected chi connectivity index (χ3v) is 3.44. The van der Waals surface area contributed by atoms with Crippen LogP contribution < -0.4 is 5.32 Å². The average molecular weight is 333 g/mol. The molecule has 0 spiro atoms. The van der Waals surface area contributed by atoms with Crippen LogP contribution in [0.5, 0.6) is 0 Å². The minimum atomic E-state index is -4.62. The molecule has 22 heavy (non-hydrogen) atoms. The highest BCUT2D eigenvalue weighted by atomic mass is 35.5. The lowest BCUT2D eigenvalue weighted by atomic mass is 9.93. The molecule has 8 heteroatoms. The molecule has 0 bridgehead atoms. The van der Waals surface area contributed by atoms with E-state index >= 15 is 0 Å². The van der Waals surface area contributed by atoms with Crippen molar-refractivity contribution in [2.75, 3.05) is 0 Å². The second-order valence-electron chi connectivity index (χ2n) is 5.16. The van der Waals surface area contributed by atoms with Gasteiger partial charge in [-0.05, 0) is 18.4 Å². The lowest BCUT2D eigenvalue weighted by molar-refractivity contribution is -0.137. The molecular formula is C14H12ClF3N2O2. The first kappa shape index (κ1) is 16.5. The van der Waals surface area contributed by atoms with Crippen LogP contribution in [0.25, 0.3) is 0 Å². The van der Waals surface area contributed by atoms with Gasteiger partial charge in [0.15, 0.2) is 5.78 Å². The van der Waals surface area contributed by atoms with E-state index in [2.05, 4.69) is 10.3 Å². The Morgan fingerprint density at radius 1 is 1.41 bits per heavy atom. The number of amides is 1. The van der Waals surface area contributed by atoms with E-state index in [1.54, 1.807) is 0 Å². The van der Waals surface area contributed by atoms with Crippen molar-refractivity contribution in [1.29, 1.82) is 0 Å². The minimum absolute atomic E-state index is 0.0582. The van der Waals surface area contributed by atoms with Crippen molar-refractivity contribution in [1.82, 2.24) is 10.3 Å². The number of rotatable bonds is 2. The fourth-order valence-electron chi connectivity index (χ4n) is 2.17. The van der Waals surface area contributed by atoms with Gasteiger partial charge in [0.2, 0.25) is 0 Å². The molecule has 0 aromatic carbocycles. The van der Waals surface area contributed by atoms with Gasteiger partial charge < -0.3 is 5.32 Å². The second-order valence-corrected chi connectivity index (χ2v) is 5.52. The number of hydrogen-bond acceptors (Lipinski definition) is 3. The number of halogens is 4. The van der Waals surface area contributed by atoms with E-state index in [1.807, 2.05) is 6.92 Å². The Balaban J connectivity index is 2.25. The number of nitrogens with zero attached hydrogens (tertiary/aromatic N) is 1. The van der Waals surface area contributed by atoms with Crippen molar-refractivity contribution in [2.24, 2.45) is 5.92 Å². The molecule has 0 fully saturated rings. The molecule has 1 unspecified atom stereocenters. The monoisotopic (exact) mass is 332 g/mol. The van der Waals surface area contributed by atoms with Gasteiger partial charge in [-0.2, -0.15) is 13.2 Å². The lowest BCUT2D eigenvalue weighted by Gasteiger charge is -2.19. The number of nitrogens with one attached hydrogen (secondary N) is 1. The molecule has 0 aliphatic heterocycles. The molecule has 4 nitrogen and oxygen atoms in total. The highest BCUT2D eigenvalue weighted by Crippen LogP contribution is 2.30. The summed E-state index contributed by atoms with van der Waals surface area (Å²) in [6.45, 7) is 1.84. The van der Waals surface area contributed by atoms with Crippen LogP contribution in [0.4, 0.5) is 13.2 Å². The summed E-state index contributed by atoms with van der Waals surface area (Å²) in [5, 5.41) is 2.09. The van der Waals surface area contributed by atoms with Crippen LogP contribution in [-0.2, 0) is 11.0 Å². The Hall–Kier alpha value is -1.89. The van der Waals surface area contributed by atoms with Gasteiger partial charge in [-0.3, -0.25) is 9.59 Å². The van der Waals surface area contributed by atoms with E-state index in [0.717, 1.165) is 0 Å². The highest BCUT2D eigenvalue weighted by Gasteiger charge is 2.32. The quantitative estimate of drug-likeness (QED) is 0.845. The molecule has 0 saturated carbocycles. The zero-order valence-corrected chi connectivity index (χ0v) is 12.3. The van der Waals surface area contributed by atoms with Crippen LogP contribution >= 0.6 is 11.6 Å². The van der Waals surface area contributed by atoms with Crippen molar-refractivity contribution < 1.29 is 22.8 Å². The number of allylic oxidation sites excluding steroid dienone is 2. The predicted octanol–water partition coefficient (Wildman–Crippen LogP) is 3.37. The Morgan fingerprint density at radius 2 is 2.09 bits per heavy atom. The molecule has 1 aliphatic rings. The number of carbonyl (C=O) groups excluding carboxylic acids is 2. The van der Waals surface area contributed by atoms with Crippen LogP contribution in [0.2, 0.25) is 5.15 Å². The Labute approximate surface area is 129 Å². The van der Waals surface area contributed by atoms with Gasteiger partial charge in [0.05, 0.1) is 11.1 Å². The average Bonchev–Trinajstić information content (AvgIpc) is 2.36. The second kappa shape index (κ2) is 6.08. The molecule has 2 rings (SSSR count). The first-order valence-corrected chi connectivity index (χ1v) is 6.82. The largest absolute Gasteiger partial charge is 0.417 e. The van der Waals surface area contributed by atoms with Crippen LogP contribution in [-0.4, -0.2) is 16.7 Å². The zero-order chi connectivity index (χ0) is 16.5. The third-order valence-electron chi connectivity index (χ3n) is 3.14. The molecule has 1 heterocycles. The van der Waals surface area contributed by atoms with Crippen LogP contribution in [0.15, 0.2) is 24.0 Å².